The maximum Gasteiger partial charge on any atom is 0.191 e. The van der Waals surface area contributed by atoms with Gasteiger partial charge >= 0.3 is 0 Å². The summed E-state index contributed by atoms with van der Waals surface area (Å²) in [5.41, 5.74) is 1.18. The number of thioether (sulfide) groups is 1. The summed E-state index contributed by atoms with van der Waals surface area (Å²) in [6, 6.07) is 8.04. The Bertz CT molecular complexity index is 449. The number of hydrogen-bond acceptors (Lipinski definition) is 2. The minimum absolute atomic E-state index is 0. The monoisotopic (exact) mass is 441 g/mol. The van der Waals surface area contributed by atoms with Crippen LogP contribution in [0.3, 0.4) is 0 Å². The lowest BCUT2D eigenvalue weighted by Gasteiger charge is -2.25. The van der Waals surface area contributed by atoms with Gasteiger partial charge in [0.05, 0.1) is 6.04 Å². The van der Waals surface area contributed by atoms with Crippen molar-refractivity contribution < 1.29 is 0 Å². The third-order valence-electron chi connectivity index (χ3n) is 3.18. The Labute approximate surface area is 154 Å². The van der Waals surface area contributed by atoms with Gasteiger partial charge in [0.15, 0.2) is 5.96 Å². The van der Waals surface area contributed by atoms with Crippen LogP contribution in [0.15, 0.2) is 29.3 Å². The summed E-state index contributed by atoms with van der Waals surface area (Å²) in [6.07, 6.45) is 2.12. The highest BCUT2D eigenvalue weighted by Crippen LogP contribution is 2.19. The van der Waals surface area contributed by atoms with Crippen LogP contribution in [0.2, 0.25) is 5.02 Å². The van der Waals surface area contributed by atoms with E-state index in [1.165, 1.54) is 5.56 Å². The molecule has 0 saturated heterocycles. The predicted molar refractivity (Wildman–Crippen MR) is 107 cm³/mol. The van der Waals surface area contributed by atoms with Crippen molar-refractivity contribution in [3.8, 4) is 0 Å². The summed E-state index contributed by atoms with van der Waals surface area (Å²) >= 11 is 7.74. The van der Waals surface area contributed by atoms with Gasteiger partial charge in [-0.15, -0.1) is 24.0 Å². The van der Waals surface area contributed by atoms with Gasteiger partial charge in [0.25, 0.3) is 0 Å². The molecule has 0 aromatic heterocycles. The third-order valence-corrected chi connectivity index (χ3v) is 4.68. The summed E-state index contributed by atoms with van der Waals surface area (Å²) in [7, 11) is 1.79. The lowest BCUT2D eigenvalue weighted by molar-refractivity contribution is 0.639. The van der Waals surface area contributed by atoms with Crippen LogP contribution >= 0.6 is 47.3 Å². The molecule has 0 saturated carbocycles. The summed E-state index contributed by atoms with van der Waals surface area (Å²) in [5.74, 6) is 0.814. The molecule has 0 radical (unpaired) electrons. The maximum atomic E-state index is 5.91. The molecule has 3 nitrogen and oxygen atoms in total. The Morgan fingerprint density at radius 1 is 1.33 bits per heavy atom. The number of hydrogen-bond donors (Lipinski definition) is 2. The average Bonchev–Trinajstić information content (AvgIpc) is 2.44. The topological polar surface area (TPSA) is 36.4 Å². The van der Waals surface area contributed by atoms with Crippen LogP contribution in [0.4, 0.5) is 0 Å². The van der Waals surface area contributed by atoms with Gasteiger partial charge in [-0.1, -0.05) is 23.7 Å². The van der Waals surface area contributed by atoms with Gasteiger partial charge in [-0.25, -0.2) is 0 Å². The van der Waals surface area contributed by atoms with Gasteiger partial charge in [0, 0.05) is 23.4 Å². The van der Waals surface area contributed by atoms with Gasteiger partial charge in [0.2, 0.25) is 0 Å². The van der Waals surface area contributed by atoms with Crippen molar-refractivity contribution in [2.75, 3.05) is 19.8 Å². The number of aliphatic imine (C=N–C) groups is 1. The van der Waals surface area contributed by atoms with E-state index in [0.717, 1.165) is 17.5 Å². The molecule has 0 aliphatic rings. The zero-order valence-electron chi connectivity index (χ0n) is 13.2. The molecule has 6 heteroatoms. The van der Waals surface area contributed by atoms with E-state index in [9.17, 15) is 0 Å². The highest BCUT2D eigenvalue weighted by atomic mass is 127. The fourth-order valence-electron chi connectivity index (χ4n) is 1.60. The lowest BCUT2D eigenvalue weighted by Crippen LogP contribution is -2.44. The largest absolute Gasteiger partial charge is 0.355 e. The predicted octanol–water partition coefficient (Wildman–Crippen LogP) is 4.33. The first-order chi connectivity index (χ1) is 9.38. The molecular formula is C15H25ClIN3S. The van der Waals surface area contributed by atoms with Crippen LogP contribution in [0.5, 0.6) is 0 Å². The molecule has 0 fully saturated rings. The molecule has 0 spiro atoms. The number of benzene rings is 1. The van der Waals surface area contributed by atoms with Crippen LogP contribution < -0.4 is 10.6 Å². The molecule has 2 N–H and O–H groups in total. The molecule has 0 amide bonds. The second-order valence-corrected chi connectivity index (χ2v) is 7.26. The quantitative estimate of drug-likeness (QED) is 0.406. The molecular weight excluding hydrogens is 417 g/mol. The fraction of sp³-hybridized carbons (Fsp3) is 0.533. The van der Waals surface area contributed by atoms with Crippen molar-refractivity contribution in [3.63, 3.8) is 0 Å². The summed E-state index contributed by atoms with van der Waals surface area (Å²) in [6.45, 7) is 7.39. The second kappa shape index (κ2) is 9.79. The number of rotatable bonds is 5. The molecule has 1 atom stereocenters. The Morgan fingerprint density at radius 3 is 2.38 bits per heavy atom. The van der Waals surface area contributed by atoms with Crippen molar-refractivity contribution in [2.45, 2.75) is 31.6 Å². The number of nitrogens with zero attached hydrogens (tertiary/aromatic N) is 1. The van der Waals surface area contributed by atoms with E-state index in [1.807, 2.05) is 36.0 Å². The number of nitrogens with one attached hydrogen (secondary N) is 2. The number of guanidine groups is 1. The van der Waals surface area contributed by atoms with Crippen LogP contribution in [-0.4, -0.2) is 30.6 Å². The molecule has 0 aliphatic carbocycles. The molecule has 1 aromatic rings. The van der Waals surface area contributed by atoms with Crippen LogP contribution in [-0.2, 0) is 0 Å². The minimum Gasteiger partial charge on any atom is -0.355 e. The van der Waals surface area contributed by atoms with Crippen molar-refractivity contribution in [3.05, 3.63) is 34.9 Å². The Kier molecular flexibility index (Phi) is 9.73. The van der Waals surface area contributed by atoms with Crippen molar-refractivity contribution in [2.24, 2.45) is 4.99 Å². The molecule has 0 heterocycles. The maximum absolute atomic E-state index is 5.91. The van der Waals surface area contributed by atoms with Gasteiger partial charge in [-0.05, 0) is 44.7 Å². The minimum atomic E-state index is 0. The first-order valence-electron chi connectivity index (χ1n) is 6.66. The summed E-state index contributed by atoms with van der Waals surface area (Å²) in [4.78, 5) is 4.27. The van der Waals surface area contributed by atoms with Crippen molar-refractivity contribution >= 4 is 53.3 Å². The van der Waals surface area contributed by atoms with Crippen LogP contribution in [0.25, 0.3) is 0 Å². The molecule has 1 unspecified atom stereocenters. The Balaban J connectivity index is 0.00000400. The highest BCUT2D eigenvalue weighted by molar-refractivity contribution is 14.0. The van der Waals surface area contributed by atoms with E-state index in [0.29, 0.717) is 0 Å². The van der Waals surface area contributed by atoms with E-state index in [2.05, 4.69) is 42.7 Å². The molecule has 0 bridgehead atoms. The van der Waals surface area contributed by atoms with E-state index in [4.69, 9.17) is 11.6 Å². The first kappa shape index (κ1) is 20.9. The smallest absolute Gasteiger partial charge is 0.191 e. The highest BCUT2D eigenvalue weighted by Gasteiger charge is 2.16. The van der Waals surface area contributed by atoms with E-state index < -0.39 is 0 Å². The SMILES string of the molecule is CN=C(NCC(C)(C)SC)NC(C)c1ccc(Cl)cc1.I. The van der Waals surface area contributed by atoms with Gasteiger partial charge in [-0.3, -0.25) is 4.99 Å². The van der Waals surface area contributed by atoms with E-state index >= 15 is 0 Å². The lowest BCUT2D eigenvalue weighted by atomic mass is 10.1. The molecule has 1 rings (SSSR count). The molecule has 120 valence electrons. The van der Waals surface area contributed by atoms with E-state index in [1.54, 1.807) is 7.05 Å². The Morgan fingerprint density at radius 2 is 1.90 bits per heavy atom. The molecule has 1 aromatic carbocycles. The van der Waals surface area contributed by atoms with Gasteiger partial charge in [-0.2, -0.15) is 11.8 Å². The van der Waals surface area contributed by atoms with Crippen molar-refractivity contribution in [1.82, 2.24) is 10.6 Å². The third kappa shape index (κ3) is 7.61. The number of halogens is 2. The zero-order valence-corrected chi connectivity index (χ0v) is 17.1. The van der Waals surface area contributed by atoms with E-state index in [-0.39, 0.29) is 34.8 Å². The zero-order chi connectivity index (χ0) is 15.2. The average molecular weight is 442 g/mol. The van der Waals surface area contributed by atoms with Gasteiger partial charge < -0.3 is 10.6 Å². The summed E-state index contributed by atoms with van der Waals surface area (Å²) < 4.78 is 0.182. The van der Waals surface area contributed by atoms with Crippen LogP contribution in [0, 0.1) is 0 Å². The second-order valence-electron chi connectivity index (χ2n) is 5.31. The van der Waals surface area contributed by atoms with Crippen LogP contribution in [0.1, 0.15) is 32.4 Å². The van der Waals surface area contributed by atoms with Gasteiger partial charge in [0.1, 0.15) is 0 Å². The fourth-order valence-corrected chi connectivity index (χ4v) is 1.95. The first-order valence-corrected chi connectivity index (χ1v) is 8.26. The molecule has 21 heavy (non-hydrogen) atoms. The standard InChI is InChI=1S/C15H24ClN3S.HI/c1-11(12-6-8-13(16)9-7-12)19-14(17-4)18-10-15(2,3)20-5;/h6-9,11H,10H2,1-5H3,(H2,17,18,19);1H. The summed E-state index contributed by atoms with van der Waals surface area (Å²) in [5, 5.41) is 7.51. The van der Waals surface area contributed by atoms with Crippen molar-refractivity contribution in [1.29, 1.82) is 0 Å². The Hall–Kier alpha value is -0.140. The molecule has 0 aliphatic heterocycles. The normalized spacial score (nSPS) is 13.3.